The van der Waals surface area contributed by atoms with E-state index < -0.39 is 0 Å². The van der Waals surface area contributed by atoms with Crippen LogP contribution in [0, 0.1) is 0 Å². The molecule has 0 heterocycles. The average molecular weight is 290 g/mol. The molecule has 1 aromatic rings. The molecule has 0 bridgehead atoms. The number of carbonyl (C=O) groups excluding carboxylic acids is 1. The lowest BCUT2D eigenvalue weighted by Gasteiger charge is -2.15. The Morgan fingerprint density at radius 2 is 1.67 bits per heavy atom. The summed E-state index contributed by atoms with van der Waals surface area (Å²) in [6, 6.07) is 6.43. The van der Waals surface area contributed by atoms with Gasteiger partial charge in [0.25, 0.3) is 0 Å². The van der Waals surface area contributed by atoms with Gasteiger partial charge in [0.15, 0.2) is 0 Å². The summed E-state index contributed by atoms with van der Waals surface area (Å²) in [4.78, 5) is 11.8. The first kappa shape index (κ1) is 17.5. The van der Waals surface area contributed by atoms with Crippen LogP contribution < -0.4 is 10.6 Å². The van der Waals surface area contributed by atoms with Crippen molar-refractivity contribution in [3.8, 4) is 0 Å². The van der Waals surface area contributed by atoms with Crippen LogP contribution in [0.3, 0.4) is 0 Å². The maximum Gasteiger partial charge on any atom is 0.221 e. The van der Waals surface area contributed by atoms with Gasteiger partial charge in [0.1, 0.15) is 0 Å². The highest BCUT2D eigenvalue weighted by Crippen LogP contribution is 2.22. The minimum absolute atomic E-state index is 0.144. The van der Waals surface area contributed by atoms with Gasteiger partial charge in [0, 0.05) is 25.2 Å². The molecular weight excluding hydrogens is 260 g/mol. The lowest BCUT2D eigenvalue weighted by Crippen LogP contribution is -2.26. The quantitative estimate of drug-likeness (QED) is 0.641. The summed E-state index contributed by atoms with van der Waals surface area (Å²) < 4.78 is 0. The molecule has 0 fully saturated rings. The Morgan fingerprint density at radius 1 is 1.00 bits per heavy atom. The Kier molecular flexibility index (Phi) is 8.56. The van der Waals surface area contributed by atoms with E-state index in [4.69, 9.17) is 0 Å². The van der Waals surface area contributed by atoms with E-state index >= 15 is 0 Å². The van der Waals surface area contributed by atoms with E-state index in [1.165, 1.54) is 29.7 Å². The van der Waals surface area contributed by atoms with Gasteiger partial charge in [-0.05, 0) is 30.4 Å². The molecule has 1 aromatic carbocycles. The number of rotatable bonds is 10. The number of para-hydroxylation sites is 1. The molecule has 3 heteroatoms. The molecule has 21 heavy (non-hydrogen) atoms. The van der Waals surface area contributed by atoms with Gasteiger partial charge in [-0.3, -0.25) is 4.79 Å². The number of unbranched alkanes of at least 4 members (excludes halogenated alkanes) is 2. The van der Waals surface area contributed by atoms with Crippen LogP contribution in [0.4, 0.5) is 5.69 Å². The molecule has 118 valence electrons. The second kappa shape index (κ2) is 10.3. The van der Waals surface area contributed by atoms with Crippen LogP contribution in [0.2, 0.25) is 0 Å². The van der Waals surface area contributed by atoms with Crippen molar-refractivity contribution in [1.82, 2.24) is 5.32 Å². The molecule has 1 amide bonds. The zero-order chi connectivity index (χ0) is 15.5. The Bertz CT molecular complexity index is 407. The first-order chi connectivity index (χ1) is 10.2. The van der Waals surface area contributed by atoms with E-state index in [1.54, 1.807) is 0 Å². The van der Waals surface area contributed by atoms with E-state index in [1.807, 2.05) is 0 Å². The highest BCUT2D eigenvalue weighted by Gasteiger charge is 2.06. The monoisotopic (exact) mass is 290 g/mol. The molecule has 0 aliphatic carbocycles. The number of amides is 1. The topological polar surface area (TPSA) is 41.1 Å². The molecule has 0 radical (unpaired) electrons. The van der Waals surface area contributed by atoms with Gasteiger partial charge in [0.05, 0.1) is 0 Å². The van der Waals surface area contributed by atoms with Crippen molar-refractivity contribution in [2.24, 2.45) is 0 Å². The number of carbonyl (C=O) groups is 1. The fraction of sp³-hybridized carbons (Fsp3) is 0.611. The summed E-state index contributed by atoms with van der Waals surface area (Å²) >= 11 is 0. The normalized spacial score (nSPS) is 10.4. The Hall–Kier alpha value is -1.51. The molecule has 0 aliphatic heterocycles. The summed E-state index contributed by atoms with van der Waals surface area (Å²) in [6.45, 7) is 8.01. The molecule has 0 unspecified atom stereocenters. The maximum absolute atomic E-state index is 11.8. The van der Waals surface area contributed by atoms with Crippen LogP contribution in [0.25, 0.3) is 0 Å². The molecule has 0 aromatic heterocycles. The van der Waals surface area contributed by atoms with E-state index in [9.17, 15) is 4.79 Å². The van der Waals surface area contributed by atoms with Gasteiger partial charge in [-0.1, -0.05) is 51.8 Å². The largest absolute Gasteiger partial charge is 0.384 e. The zero-order valence-electron chi connectivity index (χ0n) is 13.8. The molecule has 1 rings (SSSR count). The number of benzene rings is 1. The number of hydrogen-bond acceptors (Lipinski definition) is 2. The van der Waals surface area contributed by atoms with Crippen LogP contribution >= 0.6 is 0 Å². The number of anilines is 1. The third-order valence-corrected chi connectivity index (χ3v) is 3.76. The SMILES string of the molecule is CCCCCNC(=O)CCNc1c(CC)cccc1CC. The summed E-state index contributed by atoms with van der Waals surface area (Å²) in [5, 5.41) is 6.44. The second-order valence-electron chi connectivity index (χ2n) is 5.39. The van der Waals surface area contributed by atoms with Gasteiger partial charge >= 0.3 is 0 Å². The molecule has 0 saturated heterocycles. The van der Waals surface area contributed by atoms with Crippen LogP contribution in [-0.2, 0) is 17.6 Å². The van der Waals surface area contributed by atoms with Gasteiger partial charge in [-0.25, -0.2) is 0 Å². The lowest BCUT2D eigenvalue weighted by atomic mass is 10.0. The first-order valence-electron chi connectivity index (χ1n) is 8.34. The summed E-state index contributed by atoms with van der Waals surface area (Å²) in [5.41, 5.74) is 3.89. The van der Waals surface area contributed by atoms with E-state index in [0.717, 1.165) is 25.8 Å². The van der Waals surface area contributed by atoms with E-state index in [-0.39, 0.29) is 5.91 Å². The molecule has 3 nitrogen and oxygen atoms in total. The van der Waals surface area contributed by atoms with Crippen LogP contribution in [0.5, 0.6) is 0 Å². The number of aryl methyl sites for hydroxylation is 2. The predicted octanol–water partition coefficient (Wildman–Crippen LogP) is 3.92. The van der Waals surface area contributed by atoms with Crippen molar-refractivity contribution in [3.63, 3.8) is 0 Å². The fourth-order valence-corrected chi connectivity index (χ4v) is 2.46. The standard InChI is InChI=1S/C18H30N2O/c1-4-7-8-13-19-17(21)12-14-20-18-15(5-2)10-9-11-16(18)6-3/h9-11,20H,4-8,12-14H2,1-3H3,(H,19,21). The van der Waals surface area contributed by atoms with Crippen molar-refractivity contribution in [1.29, 1.82) is 0 Å². The Labute approximate surface area is 129 Å². The number of nitrogens with one attached hydrogen (secondary N) is 2. The second-order valence-corrected chi connectivity index (χ2v) is 5.39. The highest BCUT2D eigenvalue weighted by molar-refractivity contribution is 5.76. The Morgan fingerprint density at radius 3 is 2.24 bits per heavy atom. The minimum atomic E-state index is 0.144. The summed E-state index contributed by atoms with van der Waals surface area (Å²) in [6.07, 6.45) is 6.01. The van der Waals surface area contributed by atoms with E-state index in [0.29, 0.717) is 13.0 Å². The van der Waals surface area contributed by atoms with Crippen molar-refractivity contribution in [2.75, 3.05) is 18.4 Å². The lowest BCUT2D eigenvalue weighted by molar-refractivity contribution is -0.120. The molecular formula is C18H30N2O. The average Bonchev–Trinajstić information content (AvgIpc) is 2.51. The van der Waals surface area contributed by atoms with Crippen molar-refractivity contribution in [2.45, 2.75) is 59.3 Å². The smallest absolute Gasteiger partial charge is 0.221 e. The van der Waals surface area contributed by atoms with Gasteiger partial charge in [-0.15, -0.1) is 0 Å². The Balaban J connectivity index is 2.40. The third kappa shape index (κ3) is 6.19. The molecule has 0 aliphatic rings. The maximum atomic E-state index is 11.8. The van der Waals surface area contributed by atoms with Crippen LogP contribution in [0.1, 0.15) is 57.6 Å². The zero-order valence-corrected chi connectivity index (χ0v) is 13.8. The first-order valence-corrected chi connectivity index (χ1v) is 8.34. The van der Waals surface area contributed by atoms with Gasteiger partial charge < -0.3 is 10.6 Å². The van der Waals surface area contributed by atoms with Crippen molar-refractivity contribution in [3.05, 3.63) is 29.3 Å². The van der Waals surface area contributed by atoms with Crippen molar-refractivity contribution < 1.29 is 4.79 Å². The summed E-state index contributed by atoms with van der Waals surface area (Å²) in [7, 11) is 0. The fourth-order valence-electron chi connectivity index (χ4n) is 2.46. The molecule has 2 N–H and O–H groups in total. The minimum Gasteiger partial charge on any atom is -0.384 e. The van der Waals surface area contributed by atoms with Crippen LogP contribution in [0.15, 0.2) is 18.2 Å². The van der Waals surface area contributed by atoms with E-state index in [2.05, 4.69) is 49.6 Å². The predicted molar refractivity (Wildman–Crippen MR) is 90.8 cm³/mol. The number of hydrogen-bond donors (Lipinski definition) is 2. The molecule has 0 saturated carbocycles. The van der Waals surface area contributed by atoms with Gasteiger partial charge in [-0.2, -0.15) is 0 Å². The van der Waals surface area contributed by atoms with Crippen LogP contribution in [-0.4, -0.2) is 19.0 Å². The van der Waals surface area contributed by atoms with Crippen molar-refractivity contribution >= 4 is 11.6 Å². The van der Waals surface area contributed by atoms with Gasteiger partial charge in [0.2, 0.25) is 5.91 Å². The summed E-state index contributed by atoms with van der Waals surface area (Å²) in [5.74, 6) is 0.144. The third-order valence-electron chi connectivity index (χ3n) is 3.76. The highest BCUT2D eigenvalue weighted by atomic mass is 16.1. The molecule has 0 spiro atoms. The molecule has 0 atom stereocenters.